The van der Waals surface area contributed by atoms with E-state index in [1.807, 2.05) is 31.2 Å². The summed E-state index contributed by atoms with van der Waals surface area (Å²) in [5.41, 5.74) is 0.425. The second kappa shape index (κ2) is 14.0. The van der Waals surface area contributed by atoms with Crippen LogP contribution in [0.15, 0.2) is 36.4 Å². The van der Waals surface area contributed by atoms with Crippen molar-refractivity contribution in [1.29, 1.82) is 0 Å². The molecule has 1 atom stereocenters. The molecule has 3 amide bonds. The predicted octanol–water partition coefficient (Wildman–Crippen LogP) is 5.95. The highest BCUT2D eigenvalue weighted by Gasteiger charge is 2.38. The van der Waals surface area contributed by atoms with Crippen LogP contribution in [0.4, 0.5) is 10.5 Å². The van der Waals surface area contributed by atoms with Gasteiger partial charge in [0, 0.05) is 18.9 Å². The molecular formula is C34H45N3O9. The van der Waals surface area contributed by atoms with E-state index in [0.29, 0.717) is 29.4 Å². The predicted molar refractivity (Wildman–Crippen MR) is 170 cm³/mol. The second-order valence-corrected chi connectivity index (χ2v) is 13.2. The molecule has 1 saturated carbocycles. The van der Waals surface area contributed by atoms with Gasteiger partial charge in [0.1, 0.15) is 5.60 Å². The van der Waals surface area contributed by atoms with Crippen LogP contribution in [0, 0.1) is 5.92 Å². The van der Waals surface area contributed by atoms with E-state index in [2.05, 4.69) is 5.32 Å². The van der Waals surface area contributed by atoms with Crippen molar-refractivity contribution in [2.75, 3.05) is 25.6 Å². The summed E-state index contributed by atoms with van der Waals surface area (Å²) in [6.07, 6.45) is 0.395. The van der Waals surface area contributed by atoms with Crippen molar-refractivity contribution in [3.63, 3.8) is 0 Å². The Morgan fingerprint density at radius 3 is 2.41 bits per heavy atom. The number of nitrogens with zero attached hydrogens (tertiary/aromatic N) is 2. The number of carbonyl (C=O) groups excluding carboxylic acids is 3. The molecule has 2 aliphatic rings. The fourth-order valence-electron chi connectivity index (χ4n) is 5.49. The highest BCUT2D eigenvalue weighted by Crippen LogP contribution is 2.40. The Labute approximate surface area is 269 Å². The van der Waals surface area contributed by atoms with Crippen LogP contribution in [0.25, 0.3) is 0 Å². The van der Waals surface area contributed by atoms with Gasteiger partial charge in [0.15, 0.2) is 11.5 Å². The molecule has 0 bridgehead atoms. The fraction of sp³-hybridized carbons (Fsp3) is 0.529. The minimum atomic E-state index is -1.46. The van der Waals surface area contributed by atoms with Gasteiger partial charge in [-0.05, 0) is 90.1 Å². The molecule has 1 aliphatic carbocycles. The molecule has 0 aromatic heterocycles. The number of rotatable bonds is 14. The molecule has 12 heteroatoms. The molecule has 46 heavy (non-hydrogen) atoms. The van der Waals surface area contributed by atoms with Crippen molar-refractivity contribution in [1.82, 2.24) is 9.96 Å². The van der Waals surface area contributed by atoms with Gasteiger partial charge in [-0.3, -0.25) is 19.2 Å². The van der Waals surface area contributed by atoms with E-state index >= 15 is 0 Å². The fourth-order valence-corrected chi connectivity index (χ4v) is 5.49. The maximum absolute atomic E-state index is 14.1. The Kier molecular flexibility index (Phi) is 10.5. The normalized spacial score (nSPS) is 15.2. The number of fused-ring (bicyclic) bond motifs is 1. The third-order valence-electron chi connectivity index (χ3n) is 7.60. The molecular weight excluding hydrogens is 594 g/mol. The van der Waals surface area contributed by atoms with Crippen LogP contribution in [-0.4, -0.2) is 70.4 Å². The third kappa shape index (κ3) is 8.68. The van der Waals surface area contributed by atoms with Gasteiger partial charge in [-0.2, -0.15) is 0 Å². The lowest BCUT2D eigenvalue weighted by molar-refractivity contribution is -0.240. The van der Waals surface area contributed by atoms with Gasteiger partial charge in [-0.15, -0.1) is 0 Å². The number of carbonyl (C=O) groups is 4. The van der Waals surface area contributed by atoms with Gasteiger partial charge in [0.25, 0.3) is 5.91 Å². The van der Waals surface area contributed by atoms with Crippen LogP contribution in [0.1, 0.15) is 94.8 Å². The van der Waals surface area contributed by atoms with Gasteiger partial charge in [0.2, 0.25) is 11.8 Å². The first-order valence-corrected chi connectivity index (χ1v) is 15.6. The first-order valence-electron chi connectivity index (χ1n) is 15.6. The Balaban J connectivity index is 1.65. The average Bonchev–Trinajstić information content (AvgIpc) is 3.75. The summed E-state index contributed by atoms with van der Waals surface area (Å²) in [4.78, 5) is 59.4. The number of hydroxylamine groups is 2. The van der Waals surface area contributed by atoms with Gasteiger partial charge in [0.05, 0.1) is 43.2 Å². The van der Waals surface area contributed by atoms with E-state index in [1.165, 1.54) is 0 Å². The minimum absolute atomic E-state index is 0.0253. The van der Waals surface area contributed by atoms with Gasteiger partial charge in [-0.25, -0.2) is 9.86 Å². The average molecular weight is 640 g/mol. The Morgan fingerprint density at radius 1 is 1.09 bits per heavy atom. The van der Waals surface area contributed by atoms with Crippen molar-refractivity contribution >= 4 is 29.6 Å². The maximum Gasteiger partial charge on any atom is 0.506 e. The molecule has 0 saturated heterocycles. The summed E-state index contributed by atoms with van der Waals surface area (Å²) < 4.78 is 16.3. The zero-order chi connectivity index (χ0) is 33.8. The lowest BCUT2D eigenvalue weighted by Crippen LogP contribution is -2.47. The smallest absolute Gasteiger partial charge is 0.493 e. The lowest BCUT2D eigenvalue weighted by atomic mass is 9.99. The topological polar surface area (TPSA) is 144 Å². The second-order valence-electron chi connectivity index (χ2n) is 13.2. The van der Waals surface area contributed by atoms with E-state index in [1.54, 1.807) is 58.8 Å². The Bertz CT molecular complexity index is 1460. The summed E-state index contributed by atoms with van der Waals surface area (Å²) in [7, 11) is 1.55. The molecule has 0 spiro atoms. The zero-order valence-electron chi connectivity index (χ0n) is 27.7. The Morgan fingerprint density at radius 2 is 1.80 bits per heavy atom. The highest BCUT2D eigenvalue weighted by molar-refractivity contribution is 6.07. The molecule has 250 valence electrons. The molecule has 0 unspecified atom stereocenters. The summed E-state index contributed by atoms with van der Waals surface area (Å²) in [5, 5.41) is 13.3. The van der Waals surface area contributed by atoms with E-state index in [0.717, 1.165) is 29.0 Å². The maximum atomic E-state index is 14.1. The summed E-state index contributed by atoms with van der Waals surface area (Å²) >= 11 is 0. The molecule has 1 aliphatic heterocycles. The van der Waals surface area contributed by atoms with E-state index in [4.69, 9.17) is 19.0 Å². The number of benzene rings is 2. The van der Waals surface area contributed by atoms with Crippen molar-refractivity contribution in [3.8, 4) is 11.5 Å². The first-order chi connectivity index (χ1) is 21.6. The van der Waals surface area contributed by atoms with Gasteiger partial charge >= 0.3 is 6.16 Å². The highest BCUT2D eigenvalue weighted by atomic mass is 16.7. The molecule has 2 aromatic rings. The van der Waals surface area contributed by atoms with Crippen LogP contribution in [0.5, 0.6) is 11.5 Å². The number of nitrogens with one attached hydrogen (secondary N) is 1. The van der Waals surface area contributed by atoms with E-state index in [-0.39, 0.29) is 43.7 Å². The van der Waals surface area contributed by atoms with Crippen LogP contribution < -0.4 is 14.8 Å². The molecule has 1 fully saturated rings. The minimum Gasteiger partial charge on any atom is -0.493 e. The van der Waals surface area contributed by atoms with Crippen molar-refractivity contribution < 1.29 is 43.3 Å². The number of anilines is 1. The van der Waals surface area contributed by atoms with E-state index < -0.39 is 29.3 Å². The van der Waals surface area contributed by atoms with Crippen molar-refractivity contribution in [3.05, 3.63) is 53.1 Å². The Hall–Kier alpha value is -4.32. The van der Waals surface area contributed by atoms with Crippen molar-refractivity contribution in [2.24, 2.45) is 5.92 Å². The van der Waals surface area contributed by atoms with Crippen LogP contribution in [-0.2, 0) is 25.7 Å². The number of amides is 3. The molecule has 0 radical (unpaired) electrons. The molecule has 2 aromatic carbocycles. The number of hydrogen-bond acceptors (Lipinski definition) is 8. The molecule has 12 nitrogen and oxygen atoms in total. The number of hydrogen-bond donors (Lipinski definition) is 2. The quantitative estimate of drug-likeness (QED) is 0.189. The van der Waals surface area contributed by atoms with Crippen LogP contribution >= 0.6 is 0 Å². The van der Waals surface area contributed by atoms with Gasteiger partial charge in [-0.1, -0.05) is 18.2 Å². The SMILES string of the molecule is CCOc1cc([C@@H](CCC(=O)N(CC(C)(C)OC(=O)O)OC(C)(C)C)N2Cc3cccc(NC(=O)C4CC4)c3C2=O)ccc1OC. The lowest BCUT2D eigenvalue weighted by Gasteiger charge is -2.35. The monoisotopic (exact) mass is 639 g/mol. The molecule has 4 rings (SSSR count). The van der Waals surface area contributed by atoms with Gasteiger partial charge < -0.3 is 29.5 Å². The summed E-state index contributed by atoms with van der Waals surface area (Å²) in [5.74, 6) is 0.265. The number of ether oxygens (including phenoxy) is 3. The number of methoxy groups -OCH3 is 1. The third-order valence-corrected chi connectivity index (χ3v) is 7.60. The summed E-state index contributed by atoms with van der Waals surface area (Å²) in [6.45, 7) is 10.9. The molecule has 1 heterocycles. The largest absolute Gasteiger partial charge is 0.506 e. The number of carboxylic acid groups (broad SMARTS) is 1. The molecule has 2 N–H and O–H groups in total. The van der Waals surface area contributed by atoms with Crippen molar-refractivity contribution in [2.45, 2.75) is 91.0 Å². The first kappa shape index (κ1) is 34.6. The van der Waals surface area contributed by atoms with E-state index in [9.17, 15) is 24.3 Å². The zero-order valence-corrected chi connectivity index (χ0v) is 27.7. The van der Waals surface area contributed by atoms with Crippen LogP contribution in [0.2, 0.25) is 0 Å². The standard InChI is InChI=1S/C34H45N3O9/c1-8-44-27-18-22(14-16-26(27)43-7)25(15-17-28(38)37(46-33(2,3)4)20-34(5,6)45-32(41)42)36-19-23-10-9-11-24(29(23)31(36)40)35-30(39)21-12-13-21/h9-11,14,16,18,21,25H,8,12-13,15,17,19-20H2,1-7H3,(H,35,39)(H,41,42)/t25-/m1/s1. The summed E-state index contributed by atoms with van der Waals surface area (Å²) in [6, 6.07) is 10.3. The van der Waals surface area contributed by atoms with Crippen LogP contribution in [0.3, 0.4) is 0 Å².